The van der Waals surface area contributed by atoms with Gasteiger partial charge < -0.3 is 10.2 Å². The van der Waals surface area contributed by atoms with Crippen LogP contribution in [0.3, 0.4) is 0 Å². The fourth-order valence-corrected chi connectivity index (χ4v) is 3.92. The number of amides is 2. The molecule has 1 atom stereocenters. The summed E-state index contributed by atoms with van der Waals surface area (Å²) in [5.41, 5.74) is 1.46. The normalized spacial score (nSPS) is 20.0. The molecule has 0 spiro atoms. The fourth-order valence-electron chi connectivity index (χ4n) is 2.71. The zero-order chi connectivity index (χ0) is 17.3. The lowest BCUT2D eigenvalue weighted by molar-refractivity contribution is -0.128. The second-order valence-electron chi connectivity index (χ2n) is 5.69. The molecule has 6 nitrogen and oxygen atoms in total. The van der Waals surface area contributed by atoms with E-state index >= 15 is 0 Å². The van der Waals surface area contributed by atoms with E-state index in [9.17, 15) is 9.59 Å². The van der Waals surface area contributed by atoms with Crippen LogP contribution >= 0.6 is 11.8 Å². The number of carbonyl (C=O) groups is 2. The maximum absolute atomic E-state index is 13.0. The number of benzene rings is 1. The molecule has 2 heterocycles. The van der Waals surface area contributed by atoms with Gasteiger partial charge in [0.25, 0.3) is 5.91 Å². The standard InChI is InChI=1S/C17H20N4O2S/c1-4-20-11-12(10-18-20)19-15(22)17(3)16(23)21(5-2)13-8-6-7-9-14(13)24-17/h6-11H,4-5H2,1-3H3,(H,19,22). The van der Waals surface area contributed by atoms with E-state index in [0.717, 1.165) is 17.1 Å². The minimum Gasteiger partial charge on any atom is -0.322 e. The molecule has 2 aromatic rings. The van der Waals surface area contributed by atoms with Gasteiger partial charge in [-0.15, -0.1) is 0 Å². The van der Waals surface area contributed by atoms with Gasteiger partial charge in [0.05, 0.1) is 17.6 Å². The summed E-state index contributed by atoms with van der Waals surface area (Å²) < 4.78 is 0.514. The molecule has 24 heavy (non-hydrogen) atoms. The molecule has 3 rings (SSSR count). The third-order valence-electron chi connectivity index (χ3n) is 4.09. The number of nitrogens with zero attached hydrogens (tertiary/aromatic N) is 3. The average molecular weight is 344 g/mol. The molecule has 1 unspecified atom stereocenters. The first-order valence-corrected chi connectivity index (χ1v) is 8.75. The van der Waals surface area contributed by atoms with Crippen LogP contribution in [0.25, 0.3) is 0 Å². The molecule has 0 aliphatic carbocycles. The molecule has 1 aromatic heterocycles. The Morgan fingerprint density at radius 2 is 2.04 bits per heavy atom. The van der Waals surface area contributed by atoms with Crippen LogP contribution in [0.4, 0.5) is 11.4 Å². The zero-order valence-electron chi connectivity index (χ0n) is 13.9. The highest BCUT2D eigenvalue weighted by atomic mass is 32.2. The molecule has 0 fully saturated rings. The Labute approximate surface area is 145 Å². The van der Waals surface area contributed by atoms with Gasteiger partial charge in [-0.1, -0.05) is 23.9 Å². The molecule has 0 bridgehead atoms. The highest BCUT2D eigenvalue weighted by Gasteiger charge is 2.48. The van der Waals surface area contributed by atoms with Crippen LogP contribution in [0.2, 0.25) is 0 Å². The summed E-state index contributed by atoms with van der Waals surface area (Å²) in [4.78, 5) is 28.4. The lowest BCUT2D eigenvalue weighted by atomic mass is 10.1. The number of fused-ring (bicyclic) bond motifs is 1. The van der Waals surface area contributed by atoms with Crippen molar-refractivity contribution in [1.29, 1.82) is 0 Å². The van der Waals surface area contributed by atoms with Crippen LogP contribution in [0, 0.1) is 0 Å². The van der Waals surface area contributed by atoms with Crippen molar-refractivity contribution < 1.29 is 9.59 Å². The number of para-hydroxylation sites is 1. The first-order chi connectivity index (χ1) is 11.5. The minimum absolute atomic E-state index is 0.200. The highest BCUT2D eigenvalue weighted by Crippen LogP contribution is 2.45. The summed E-state index contributed by atoms with van der Waals surface area (Å²) in [5, 5.41) is 6.96. The Kier molecular flexibility index (Phi) is 4.36. The van der Waals surface area contributed by atoms with Gasteiger partial charge in [-0.05, 0) is 32.9 Å². The number of hydrogen-bond donors (Lipinski definition) is 1. The second-order valence-corrected chi connectivity index (χ2v) is 7.15. The molecule has 0 saturated carbocycles. The summed E-state index contributed by atoms with van der Waals surface area (Å²) in [5.74, 6) is -0.532. The van der Waals surface area contributed by atoms with Crippen molar-refractivity contribution >= 4 is 35.0 Å². The number of aromatic nitrogens is 2. The van der Waals surface area contributed by atoms with E-state index in [0.29, 0.717) is 12.2 Å². The minimum atomic E-state index is -1.21. The molecular formula is C17H20N4O2S. The van der Waals surface area contributed by atoms with Gasteiger partial charge in [0.2, 0.25) is 5.91 Å². The van der Waals surface area contributed by atoms with Crippen molar-refractivity contribution in [1.82, 2.24) is 9.78 Å². The lowest BCUT2D eigenvalue weighted by Crippen LogP contribution is -2.54. The lowest BCUT2D eigenvalue weighted by Gasteiger charge is -2.38. The van der Waals surface area contributed by atoms with Gasteiger partial charge in [-0.25, -0.2) is 0 Å². The van der Waals surface area contributed by atoms with Gasteiger partial charge in [-0.3, -0.25) is 14.3 Å². The van der Waals surface area contributed by atoms with E-state index in [1.165, 1.54) is 11.8 Å². The maximum atomic E-state index is 13.0. The monoisotopic (exact) mass is 344 g/mol. The van der Waals surface area contributed by atoms with Crippen molar-refractivity contribution in [3.8, 4) is 0 Å². The van der Waals surface area contributed by atoms with E-state index in [2.05, 4.69) is 10.4 Å². The topological polar surface area (TPSA) is 67.2 Å². The molecule has 2 amide bonds. The molecular weight excluding hydrogens is 324 g/mol. The molecule has 1 aliphatic rings. The Bertz CT molecular complexity index is 788. The summed E-state index contributed by atoms with van der Waals surface area (Å²) in [6.07, 6.45) is 3.35. The van der Waals surface area contributed by atoms with Gasteiger partial charge in [0.1, 0.15) is 0 Å². The van der Waals surface area contributed by atoms with E-state index in [4.69, 9.17) is 0 Å². The number of nitrogens with one attached hydrogen (secondary N) is 1. The van der Waals surface area contributed by atoms with E-state index in [-0.39, 0.29) is 11.8 Å². The summed E-state index contributed by atoms with van der Waals surface area (Å²) in [6.45, 7) is 6.80. The summed E-state index contributed by atoms with van der Waals surface area (Å²) >= 11 is 1.30. The van der Waals surface area contributed by atoms with E-state index in [1.807, 2.05) is 38.1 Å². The Morgan fingerprint density at radius 3 is 2.71 bits per heavy atom. The van der Waals surface area contributed by atoms with Gasteiger partial charge in [-0.2, -0.15) is 5.10 Å². The van der Waals surface area contributed by atoms with Crippen LogP contribution in [0.15, 0.2) is 41.6 Å². The average Bonchev–Trinajstić information content (AvgIpc) is 3.03. The quantitative estimate of drug-likeness (QED) is 0.866. The van der Waals surface area contributed by atoms with E-state index in [1.54, 1.807) is 28.9 Å². The van der Waals surface area contributed by atoms with Crippen molar-refractivity contribution in [2.75, 3.05) is 16.8 Å². The largest absolute Gasteiger partial charge is 0.322 e. The van der Waals surface area contributed by atoms with Crippen molar-refractivity contribution in [2.45, 2.75) is 37.0 Å². The molecule has 126 valence electrons. The smallest absolute Gasteiger partial charge is 0.252 e. The molecule has 1 N–H and O–H groups in total. The Balaban J connectivity index is 1.91. The van der Waals surface area contributed by atoms with Gasteiger partial charge in [0.15, 0.2) is 4.75 Å². The number of rotatable bonds is 4. The number of carbonyl (C=O) groups excluding carboxylic acids is 2. The van der Waals surface area contributed by atoms with Gasteiger partial charge in [0, 0.05) is 24.2 Å². The molecule has 7 heteroatoms. The summed E-state index contributed by atoms with van der Waals surface area (Å²) in [6, 6.07) is 7.67. The maximum Gasteiger partial charge on any atom is 0.252 e. The van der Waals surface area contributed by atoms with Crippen LogP contribution in [-0.4, -0.2) is 32.9 Å². The first kappa shape index (κ1) is 16.6. The SMILES string of the molecule is CCN1C(=O)C(C)(C(=O)Nc2cnn(CC)c2)Sc2ccccc21. The molecule has 0 saturated heterocycles. The van der Waals surface area contributed by atoms with Crippen LogP contribution in [0.1, 0.15) is 20.8 Å². The Morgan fingerprint density at radius 1 is 1.29 bits per heavy atom. The fraction of sp³-hybridized carbons (Fsp3) is 0.353. The summed E-state index contributed by atoms with van der Waals surface area (Å²) in [7, 11) is 0. The van der Waals surface area contributed by atoms with Crippen LogP contribution < -0.4 is 10.2 Å². The third kappa shape index (κ3) is 2.69. The second kappa shape index (κ2) is 6.32. The Hall–Kier alpha value is -2.28. The van der Waals surface area contributed by atoms with Gasteiger partial charge >= 0.3 is 0 Å². The highest BCUT2D eigenvalue weighted by molar-refractivity contribution is 8.02. The molecule has 1 aromatic carbocycles. The zero-order valence-corrected chi connectivity index (χ0v) is 14.8. The van der Waals surface area contributed by atoms with Crippen molar-refractivity contribution in [3.05, 3.63) is 36.7 Å². The predicted molar refractivity (Wildman–Crippen MR) is 95.3 cm³/mol. The number of anilines is 2. The molecule has 1 aliphatic heterocycles. The predicted octanol–water partition coefficient (Wildman–Crippen LogP) is 2.76. The van der Waals surface area contributed by atoms with Crippen molar-refractivity contribution in [2.24, 2.45) is 0 Å². The number of hydrogen-bond acceptors (Lipinski definition) is 4. The first-order valence-electron chi connectivity index (χ1n) is 7.93. The number of thioether (sulfide) groups is 1. The van der Waals surface area contributed by atoms with Crippen molar-refractivity contribution in [3.63, 3.8) is 0 Å². The van der Waals surface area contributed by atoms with Crippen LogP contribution in [0.5, 0.6) is 0 Å². The van der Waals surface area contributed by atoms with Crippen LogP contribution in [-0.2, 0) is 16.1 Å². The third-order valence-corrected chi connectivity index (χ3v) is 5.42. The number of aryl methyl sites for hydroxylation is 1. The molecule has 0 radical (unpaired) electrons. The van der Waals surface area contributed by atoms with E-state index < -0.39 is 4.75 Å².